The van der Waals surface area contributed by atoms with E-state index >= 15 is 0 Å². The smallest absolute Gasteiger partial charge is 0.240 e. The maximum absolute atomic E-state index is 13.8. The molecule has 2 aromatic carbocycles. The van der Waals surface area contributed by atoms with Gasteiger partial charge in [0.1, 0.15) is 17.7 Å². The van der Waals surface area contributed by atoms with Gasteiger partial charge in [0.05, 0.1) is 11.3 Å². The lowest BCUT2D eigenvalue weighted by molar-refractivity contribution is 0.441. The van der Waals surface area contributed by atoms with Crippen LogP contribution in [0.3, 0.4) is 0 Å². The molecule has 3 rings (SSSR count). The molecule has 5 nitrogen and oxygen atoms in total. The van der Waals surface area contributed by atoms with Crippen LogP contribution in [0.15, 0.2) is 41.1 Å². The van der Waals surface area contributed by atoms with Crippen molar-refractivity contribution in [1.29, 1.82) is 0 Å². The minimum Gasteiger partial charge on any atom is -0.452 e. The summed E-state index contributed by atoms with van der Waals surface area (Å²) < 4.78 is 58.1. The molecule has 126 valence electrons. The number of benzene rings is 2. The van der Waals surface area contributed by atoms with Crippen molar-refractivity contribution in [1.82, 2.24) is 8.96 Å². The number of fused-ring (bicyclic) bond motifs is 1. The first-order valence-corrected chi connectivity index (χ1v) is 9.25. The van der Waals surface area contributed by atoms with E-state index < -0.39 is 21.7 Å². The third-order valence-electron chi connectivity index (χ3n) is 3.33. The van der Waals surface area contributed by atoms with Crippen LogP contribution in [0, 0.1) is 11.6 Å². The summed E-state index contributed by atoms with van der Waals surface area (Å²) in [6.45, 7) is 1.52. The van der Waals surface area contributed by atoms with Crippen LogP contribution >= 0.6 is 15.9 Å². The maximum atomic E-state index is 13.8. The summed E-state index contributed by atoms with van der Waals surface area (Å²) in [4.78, 5) is 4.06. The molecule has 1 heterocycles. The van der Waals surface area contributed by atoms with Crippen molar-refractivity contribution in [3.63, 3.8) is 0 Å². The van der Waals surface area contributed by atoms with Gasteiger partial charge in [-0.15, -0.1) is 0 Å². The van der Waals surface area contributed by atoms with E-state index in [1.807, 2.05) is 0 Å². The van der Waals surface area contributed by atoms with E-state index in [0.29, 0.717) is 16.1 Å². The molecule has 0 amide bonds. The summed E-state index contributed by atoms with van der Waals surface area (Å²) in [6, 6.07) is 6.01. The normalized spacial score (nSPS) is 11.8. The van der Waals surface area contributed by atoms with Crippen LogP contribution in [0.1, 0.15) is 6.92 Å². The van der Waals surface area contributed by atoms with Crippen molar-refractivity contribution >= 4 is 37.0 Å². The van der Waals surface area contributed by atoms with E-state index in [-0.39, 0.29) is 22.8 Å². The molecular formula is C15H11BrF2N2O3S. The van der Waals surface area contributed by atoms with Crippen LogP contribution in [-0.4, -0.2) is 23.1 Å². The van der Waals surface area contributed by atoms with Gasteiger partial charge in [-0.05, 0) is 31.2 Å². The second kappa shape index (κ2) is 6.14. The predicted molar refractivity (Wildman–Crippen MR) is 88.7 cm³/mol. The molecule has 9 heteroatoms. The summed E-state index contributed by atoms with van der Waals surface area (Å²) in [5.74, 6) is -1.74. The van der Waals surface area contributed by atoms with Gasteiger partial charge in [-0.25, -0.2) is 26.2 Å². The van der Waals surface area contributed by atoms with Gasteiger partial charge in [0, 0.05) is 10.5 Å². The maximum Gasteiger partial charge on any atom is 0.240 e. The standard InChI is InChI=1S/C15H11BrF2N2O3S/c1-2-24(21,22)20-8-19-15-12(20)5-9(16)6-14(15)23-13-4-3-10(17)7-11(13)18/h3-8H,2H2,1H3. The fourth-order valence-corrected chi connectivity index (χ4v) is 3.48. The van der Waals surface area contributed by atoms with Gasteiger partial charge >= 0.3 is 0 Å². The van der Waals surface area contributed by atoms with Crippen LogP contribution in [0.5, 0.6) is 11.5 Å². The van der Waals surface area contributed by atoms with Crippen LogP contribution in [-0.2, 0) is 10.0 Å². The number of nitrogens with zero attached hydrogens (tertiary/aromatic N) is 2. The number of hydrogen-bond acceptors (Lipinski definition) is 4. The Morgan fingerprint density at radius 3 is 2.62 bits per heavy atom. The Balaban J connectivity index is 2.15. The number of ether oxygens (including phenoxy) is 1. The molecule has 0 atom stereocenters. The van der Waals surface area contributed by atoms with Gasteiger partial charge in [0.15, 0.2) is 17.3 Å². The minimum atomic E-state index is -3.55. The Hall–Kier alpha value is -2.00. The number of aromatic nitrogens is 2. The number of hydrogen-bond donors (Lipinski definition) is 0. The average Bonchev–Trinajstić information content (AvgIpc) is 2.94. The number of imidazole rings is 1. The first-order valence-electron chi connectivity index (χ1n) is 6.84. The lowest BCUT2D eigenvalue weighted by Crippen LogP contribution is -2.13. The van der Waals surface area contributed by atoms with Crippen molar-refractivity contribution < 1.29 is 21.9 Å². The highest BCUT2D eigenvalue weighted by Crippen LogP contribution is 2.34. The molecule has 0 aliphatic carbocycles. The van der Waals surface area contributed by atoms with Crippen molar-refractivity contribution in [2.45, 2.75) is 6.92 Å². The lowest BCUT2D eigenvalue weighted by atomic mass is 10.3. The van der Waals surface area contributed by atoms with Gasteiger partial charge in [0.2, 0.25) is 10.0 Å². The molecule has 0 unspecified atom stereocenters. The molecule has 1 aromatic heterocycles. The van der Waals surface area contributed by atoms with Gasteiger partial charge in [-0.3, -0.25) is 0 Å². The third-order valence-corrected chi connectivity index (χ3v) is 5.40. The summed E-state index contributed by atoms with van der Waals surface area (Å²) in [5, 5.41) is 0. The topological polar surface area (TPSA) is 61.2 Å². The average molecular weight is 417 g/mol. The Kier molecular flexibility index (Phi) is 4.31. The zero-order chi connectivity index (χ0) is 17.5. The second-order valence-corrected chi connectivity index (χ2v) is 7.94. The Morgan fingerprint density at radius 2 is 1.96 bits per heavy atom. The van der Waals surface area contributed by atoms with Crippen molar-refractivity contribution in [2.75, 3.05) is 5.75 Å². The van der Waals surface area contributed by atoms with E-state index in [1.165, 1.54) is 19.3 Å². The largest absolute Gasteiger partial charge is 0.452 e. The molecule has 0 spiro atoms. The summed E-state index contributed by atoms with van der Waals surface area (Å²) in [7, 11) is -3.55. The van der Waals surface area contributed by atoms with Crippen LogP contribution in [0.2, 0.25) is 0 Å². The van der Waals surface area contributed by atoms with E-state index in [9.17, 15) is 17.2 Å². The molecule has 3 aromatic rings. The first kappa shape index (κ1) is 16.8. The highest BCUT2D eigenvalue weighted by molar-refractivity contribution is 9.10. The highest BCUT2D eigenvalue weighted by Gasteiger charge is 2.19. The molecular weight excluding hydrogens is 406 g/mol. The molecule has 0 N–H and O–H groups in total. The van der Waals surface area contributed by atoms with E-state index in [1.54, 1.807) is 6.07 Å². The Labute approximate surface area is 145 Å². The molecule has 0 saturated carbocycles. The van der Waals surface area contributed by atoms with E-state index in [0.717, 1.165) is 16.1 Å². The fraction of sp³-hybridized carbons (Fsp3) is 0.133. The highest BCUT2D eigenvalue weighted by atomic mass is 79.9. The molecule has 0 aliphatic heterocycles. The van der Waals surface area contributed by atoms with Crippen LogP contribution < -0.4 is 4.74 Å². The molecule has 0 bridgehead atoms. The predicted octanol–water partition coefficient (Wildman–Crippen LogP) is 4.07. The summed E-state index contributed by atoms with van der Waals surface area (Å²) in [6.07, 6.45) is 1.17. The van der Waals surface area contributed by atoms with Gasteiger partial charge in [0.25, 0.3) is 0 Å². The van der Waals surface area contributed by atoms with Crippen LogP contribution in [0.4, 0.5) is 8.78 Å². The molecule has 24 heavy (non-hydrogen) atoms. The van der Waals surface area contributed by atoms with Gasteiger partial charge < -0.3 is 4.74 Å². The summed E-state index contributed by atoms with van der Waals surface area (Å²) in [5.41, 5.74) is 0.544. The minimum absolute atomic E-state index is 0.103. The van der Waals surface area contributed by atoms with Gasteiger partial charge in [-0.2, -0.15) is 0 Å². The Bertz CT molecular complexity index is 1030. The lowest BCUT2D eigenvalue weighted by Gasteiger charge is -2.09. The van der Waals surface area contributed by atoms with Crippen molar-refractivity contribution in [3.8, 4) is 11.5 Å². The fourth-order valence-electron chi connectivity index (χ4n) is 2.15. The van der Waals surface area contributed by atoms with Crippen LogP contribution in [0.25, 0.3) is 11.0 Å². The quantitative estimate of drug-likeness (QED) is 0.642. The molecule has 0 fully saturated rings. The third kappa shape index (κ3) is 3.01. The van der Waals surface area contributed by atoms with E-state index in [4.69, 9.17) is 4.74 Å². The zero-order valence-corrected chi connectivity index (χ0v) is 14.7. The van der Waals surface area contributed by atoms with E-state index in [2.05, 4.69) is 20.9 Å². The number of rotatable bonds is 4. The monoisotopic (exact) mass is 416 g/mol. The van der Waals surface area contributed by atoms with Crippen molar-refractivity contribution in [3.05, 3.63) is 52.8 Å². The molecule has 0 radical (unpaired) electrons. The summed E-state index contributed by atoms with van der Waals surface area (Å²) >= 11 is 3.26. The number of halogens is 3. The van der Waals surface area contributed by atoms with Gasteiger partial charge in [-0.1, -0.05) is 15.9 Å². The SMILES string of the molecule is CCS(=O)(=O)n1cnc2c(Oc3ccc(F)cc3F)cc(Br)cc21. The Morgan fingerprint density at radius 1 is 1.21 bits per heavy atom. The molecule has 0 aliphatic rings. The first-order chi connectivity index (χ1) is 11.3. The molecule has 0 saturated heterocycles. The zero-order valence-electron chi connectivity index (χ0n) is 12.3. The second-order valence-electron chi connectivity index (χ2n) is 4.89. The van der Waals surface area contributed by atoms with Crippen molar-refractivity contribution in [2.24, 2.45) is 0 Å².